The van der Waals surface area contributed by atoms with Crippen molar-refractivity contribution in [3.63, 3.8) is 0 Å². The van der Waals surface area contributed by atoms with Crippen molar-refractivity contribution < 1.29 is 9.53 Å². The zero-order valence-electron chi connectivity index (χ0n) is 9.03. The van der Waals surface area contributed by atoms with Crippen LogP contribution in [0.1, 0.15) is 0 Å². The number of aromatic amines is 1. The maximum atomic E-state index is 11.0. The van der Waals surface area contributed by atoms with Crippen LogP contribution in [0.15, 0.2) is 34.9 Å². The van der Waals surface area contributed by atoms with Gasteiger partial charge in [0, 0.05) is 4.47 Å². The highest BCUT2D eigenvalue weighted by Crippen LogP contribution is 2.20. The number of anilines is 1. The van der Waals surface area contributed by atoms with Crippen LogP contribution in [0.3, 0.4) is 0 Å². The maximum absolute atomic E-state index is 11.0. The van der Waals surface area contributed by atoms with Crippen molar-refractivity contribution in [3.05, 3.63) is 34.9 Å². The first-order valence-electron chi connectivity index (χ1n) is 4.85. The smallest absolute Gasteiger partial charge is 0.413 e. The van der Waals surface area contributed by atoms with Gasteiger partial charge in [-0.2, -0.15) is 0 Å². The van der Waals surface area contributed by atoms with Crippen LogP contribution < -0.4 is 5.32 Å². The van der Waals surface area contributed by atoms with E-state index in [2.05, 4.69) is 36.0 Å². The standard InChI is InChI=1S/C11H10BrN3O2/c1-17-11(16)15-10-13-6-9(14-10)7-2-4-8(12)5-3-7/h2-6H,1H3,(H2,13,14,15,16). The van der Waals surface area contributed by atoms with Gasteiger partial charge in [0.15, 0.2) is 0 Å². The molecule has 0 radical (unpaired) electrons. The summed E-state index contributed by atoms with van der Waals surface area (Å²) in [7, 11) is 1.30. The van der Waals surface area contributed by atoms with E-state index >= 15 is 0 Å². The van der Waals surface area contributed by atoms with Gasteiger partial charge in [0.1, 0.15) is 0 Å². The molecule has 88 valence electrons. The van der Waals surface area contributed by atoms with E-state index in [9.17, 15) is 4.79 Å². The number of nitrogens with one attached hydrogen (secondary N) is 2. The second-order valence-electron chi connectivity index (χ2n) is 3.27. The van der Waals surface area contributed by atoms with Crippen LogP contribution in [0.2, 0.25) is 0 Å². The minimum absolute atomic E-state index is 0.356. The molecule has 5 nitrogen and oxygen atoms in total. The molecule has 0 unspecified atom stereocenters. The molecule has 6 heteroatoms. The van der Waals surface area contributed by atoms with E-state index in [1.807, 2.05) is 24.3 Å². The molecule has 0 bridgehead atoms. The van der Waals surface area contributed by atoms with Gasteiger partial charge in [0.05, 0.1) is 19.0 Å². The first kappa shape index (κ1) is 11.7. The molecule has 2 aromatic rings. The molecular weight excluding hydrogens is 286 g/mol. The summed E-state index contributed by atoms with van der Waals surface area (Å²) in [6.07, 6.45) is 1.09. The summed E-state index contributed by atoms with van der Waals surface area (Å²) in [6, 6.07) is 7.76. The molecule has 1 amide bonds. The van der Waals surface area contributed by atoms with Gasteiger partial charge in [-0.25, -0.2) is 9.78 Å². The largest absolute Gasteiger partial charge is 0.453 e. The maximum Gasteiger partial charge on any atom is 0.413 e. The Morgan fingerprint density at radius 1 is 1.41 bits per heavy atom. The Morgan fingerprint density at radius 3 is 2.76 bits per heavy atom. The number of nitrogens with zero attached hydrogens (tertiary/aromatic N) is 1. The Morgan fingerprint density at radius 2 is 2.12 bits per heavy atom. The van der Waals surface area contributed by atoms with Gasteiger partial charge < -0.3 is 9.72 Å². The number of halogens is 1. The van der Waals surface area contributed by atoms with Crippen LogP contribution in [0.25, 0.3) is 11.3 Å². The van der Waals surface area contributed by atoms with Crippen molar-refractivity contribution in [1.29, 1.82) is 0 Å². The number of rotatable bonds is 2. The quantitative estimate of drug-likeness (QED) is 0.895. The zero-order chi connectivity index (χ0) is 12.3. The molecule has 0 atom stereocenters. The Balaban J connectivity index is 2.18. The SMILES string of the molecule is COC(=O)Nc1ncc(-c2ccc(Br)cc2)[nH]1. The minimum atomic E-state index is -0.554. The van der Waals surface area contributed by atoms with Gasteiger partial charge in [-0.05, 0) is 17.7 Å². The van der Waals surface area contributed by atoms with E-state index in [1.165, 1.54) is 7.11 Å². The van der Waals surface area contributed by atoms with Crippen molar-refractivity contribution in [3.8, 4) is 11.3 Å². The molecule has 1 heterocycles. The van der Waals surface area contributed by atoms with E-state index in [0.29, 0.717) is 5.95 Å². The molecule has 0 spiro atoms. The van der Waals surface area contributed by atoms with E-state index in [4.69, 9.17) is 0 Å². The number of aromatic nitrogens is 2. The number of carbonyl (C=O) groups is 1. The van der Waals surface area contributed by atoms with Crippen LogP contribution in [0.4, 0.5) is 10.7 Å². The highest BCUT2D eigenvalue weighted by Gasteiger charge is 2.06. The second kappa shape index (κ2) is 5.01. The van der Waals surface area contributed by atoms with E-state index in [0.717, 1.165) is 15.7 Å². The first-order chi connectivity index (χ1) is 8.19. The number of hydrogen-bond donors (Lipinski definition) is 2. The molecule has 17 heavy (non-hydrogen) atoms. The second-order valence-corrected chi connectivity index (χ2v) is 4.18. The van der Waals surface area contributed by atoms with Crippen molar-refractivity contribution in [1.82, 2.24) is 9.97 Å². The molecule has 2 rings (SSSR count). The lowest BCUT2D eigenvalue weighted by molar-refractivity contribution is 0.186. The van der Waals surface area contributed by atoms with Gasteiger partial charge in [-0.3, -0.25) is 5.32 Å². The third-order valence-corrected chi connectivity index (χ3v) is 2.67. The van der Waals surface area contributed by atoms with Gasteiger partial charge in [-0.15, -0.1) is 0 Å². The number of amides is 1. The molecular formula is C11H10BrN3O2. The zero-order valence-corrected chi connectivity index (χ0v) is 10.6. The monoisotopic (exact) mass is 295 g/mol. The number of ether oxygens (including phenoxy) is 1. The molecule has 0 saturated heterocycles. The lowest BCUT2D eigenvalue weighted by Gasteiger charge is -1.99. The van der Waals surface area contributed by atoms with Gasteiger partial charge >= 0.3 is 6.09 Å². The normalized spacial score (nSPS) is 10.0. The molecule has 0 aliphatic rings. The van der Waals surface area contributed by atoms with Gasteiger partial charge in [0.25, 0.3) is 0 Å². The Labute approximate surface area is 106 Å². The van der Waals surface area contributed by atoms with Gasteiger partial charge in [0.2, 0.25) is 5.95 Å². The number of methoxy groups -OCH3 is 1. The summed E-state index contributed by atoms with van der Waals surface area (Å²) in [4.78, 5) is 18.0. The van der Waals surface area contributed by atoms with Crippen molar-refractivity contribution in [2.75, 3.05) is 12.4 Å². The predicted molar refractivity (Wildman–Crippen MR) is 67.8 cm³/mol. The number of hydrogen-bond acceptors (Lipinski definition) is 3. The molecule has 2 N–H and O–H groups in total. The van der Waals surface area contributed by atoms with Crippen LogP contribution in [0, 0.1) is 0 Å². The molecule has 0 aliphatic heterocycles. The molecule has 1 aromatic heterocycles. The lowest BCUT2D eigenvalue weighted by atomic mass is 10.2. The number of benzene rings is 1. The van der Waals surface area contributed by atoms with Crippen molar-refractivity contribution in [2.45, 2.75) is 0 Å². The molecule has 0 fully saturated rings. The fourth-order valence-electron chi connectivity index (χ4n) is 1.31. The van der Waals surface area contributed by atoms with Gasteiger partial charge in [-0.1, -0.05) is 28.1 Å². The predicted octanol–water partition coefficient (Wildman–Crippen LogP) is 3.02. The summed E-state index contributed by atoms with van der Waals surface area (Å²) in [5, 5.41) is 2.46. The molecule has 0 saturated carbocycles. The van der Waals surface area contributed by atoms with E-state index < -0.39 is 6.09 Å². The van der Waals surface area contributed by atoms with Crippen LogP contribution in [-0.2, 0) is 4.74 Å². The Hall–Kier alpha value is -1.82. The fourth-order valence-corrected chi connectivity index (χ4v) is 1.57. The summed E-state index contributed by atoms with van der Waals surface area (Å²) in [6.45, 7) is 0. The summed E-state index contributed by atoms with van der Waals surface area (Å²) < 4.78 is 5.48. The molecule has 1 aromatic carbocycles. The van der Waals surface area contributed by atoms with Crippen molar-refractivity contribution in [2.24, 2.45) is 0 Å². The van der Waals surface area contributed by atoms with Crippen LogP contribution in [-0.4, -0.2) is 23.2 Å². The highest BCUT2D eigenvalue weighted by molar-refractivity contribution is 9.10. The van der Waals surface area contributed by atoms with E-state index in [-0.39, 0.29) is 0 Å². The Bertz CT molecular complexity index is 522. The third kappa shape index (κ3) is 2.85. The topological polar surface area (TPSA) is 67.0 Å². The average molecular weight is 296 g/mol. The average Bonchev–Trinajstić information content (AvgIpc) is 2.78. The Kier molecular flexibility index (Phi) is 3.43. The summed E-state index contributed by atoms with van der Waals surface area (Å²) in [5.74, 6) is 0.356. The highest BCUT2D eigenvalue weighted by atomic mass is 79.9. The minimum Gasteiger partial charge on any atom is -0.453 e. The molecule has 0 aliphatic carbocycles. The van der Waals surface area contributed by atoms with Crippen molar-refractivity contribution >= 4 is 28.0 Å². The van der Waals surface area contributed by atoms with Crippen LogP contribution in [0.5, 0.6) is 0 Å². The lowest BCUT2D eigenvalue weighted by Crippen LogP contribution is -2.11. The summed E-state index contributed by atoms with van der Waals surface area (Å²) in [5.41, 5.74) is 1.81. The first-order valence-corrected chi connectivity index (χ1v) is 5.64. The van der Waals surface area contributed by atoms with E-state index in [1.54, 1.807) is 6.20 Å². The number of H-pyrrole nitrogens is 1. The fraction of sp³-hybridized carbons (Fsp3) is 0.0909. The number of imidazole rings is 1. The third-order valence-electron chi connectivity index (χ3n) is 2.14. The summed E-state index contributed by atoms with van der Waals surface area (Å²) >= 11 is 3.37. The van der Waals surface area contributed by atoms with Crippen LogP contribution >= 0.6 is 15.9 Å². The number of carbonyl (C=O) groups excluding carboxylic acids is 1.